The van der Waals surface area contributed by atoms with Crippen molar-refractivity contribution in [3.8, 4) is 5.69 Å². The molecule has 0 aliphatic rings. The number of nitrogens with two attached hydrogens (primary N) is 1. The number of para-hydroxylation sites is 1. The van der Waals surface area contributed by atoms with Crippen molar-refractivity contribution < 1.29 is 9.53 Å². The highest BCUT2D eigenvalue weighted by atomic mass is 16.6. The van der Waals surface area contributed by atoms with Gasteiger partial charge in [0.15, 0.2) is 0 Å². The Hall–Kier alpha value is -2.34. The van der Waals surface area contributed by atoms with Gasteiger partial charge in [-0.15, -0.1) is 0 Å². The second kappa shape index (κ2) is 7.28. The molecule has 23 heavy (non-hydrogen) atoms. The van der Waals surface area contributed by atoms with Crippen LogP contribution in [0.25, 0.3) is 5.69 Å². The summed E-state index contributed by atoms with van der Waals surface area (Å²) in [4.78, 5) is 11.8. The van der Waals surface area contributed by atoms with Gasteiger partial charge in [0.05, 0.1) is 5.69 Å². The first-order valence-corrected chi connectivity index (χ1v) is 7.66. The van der Waals surface area contributed by atoms with Crippen LogP contribution in [-0.4, -0.2) is 34.6 Å². The molecular weight excluding hydrogens is 292 g/mol. The number of nitrogens with one attached hydrogen (secondary N) is 1. The van der Waals surface area contributed by atoms with E-state index in [4.69, 9.17) is 10.5 Å². The van der Waals surface area contributed by atoms with Gasteiger partial charge in [0.1, 0.15) is 5.60 Å². The molecule has 0 aliphatic carbocycles. The summed E-state index contributed by atoms with van der Waals surface area (Å²) in [7, 11) is 0. The summed E-state index contributed by atoms with van der Waals surface area (Å²) in [5.74, 6) is -0.0251. The number of alkyl carbamates (subject to hydrolysis) is 1. The Morgan fingerprint density at radius 2 is 2.09 bits per heavy atom. The standard InChI is InChI=1S/C17H24N4O2/c1-17(2,3)23-16(22)19-12-13(11-18)14-7-4-5-8-15(14)21-10-6-9-20-21/h4-10,13H,11-12,18H2,1-3H3,(H,19,22). The minimum atomic E-state index is -0.519. The Kier molecular flexibility index (Phi) is 5.39. The number of benzene rings is 1. The van der Waals surface area contributed by atoms with Gasteiger partial charge in [-0.25, -0.2) is 9.48 Å². The largest absolute Gasteiger partial charge is 0.444 e. The average molecular weight is 316 g/mol. The van der Waals surface area contributed by atoms with Gasteiger partial charge in [0, 0.05) is 31.4 Å². The zero-order valence-electron chi connectivity index (χ0n) is 13.8. The van der Waals surface area contributed by atoms with Crippen molar-refractivity contribution in [2.75, 3.05) is 13.1 Å². The summed E-state index contributed by atoms with van der Waals surface area (Å²) in [6, 6.07) is 9.77. The van der Waals surface area contributed by atoms with Crippen LogP contribution in [0.2, 0.25) is 0 Å². The molecule has 0 fully saturated rings. The Morgan fingerprint density at radius 1 is 1.35 bits per heavy atom. The van der Waals surface area contributed by atoms with Gasteiger partial charge in [-0.3, -0.25) is 0 Å². The van der Waals surface area contributed by atoms with Gasteiger partial charge in [0.2, 0.25) is 0 Å². The molecule has 1 amide bonds. The van der Waals surface area contributed by atoms with E-state index < -0.39 is 11.7 Å². The van der Waals surface area contributed by atoms with Crippen molar-refractivity contribution in [1.82, 2.24) is 15.1 Å². The molecule has 1 heterocycles. The quantitative estimate of drug-likeness (QED) is 0.887. The summed E-state index contributed by atoms with van der Waals surface area (Å²) in [5.41, 5.74) is 7.39. The molecule has 1 aromatic heterocycles. The molecule has 6 nitrogen and oxygen atoms in total. The monoisotopic (exact) mass is 316 g/mol. The smallest absolute Gasteiger partial charge is 0.407 e. The number of aromatic nitrogens is 2. The number of carbonyl (C=O) groups is 1. The van der Waals surface area contributed by atoms with Crippen molar-refractivity contribution in [2.24, 2.45) is 5.73 Å². The average Bonchev–Trinajstić information content (AvgIpc) is 3.00. The normalized spacial score (nSPS) is 12.7. The first kappa shape index (κ1) is 17.0. The molecule has 0 aliphatic heterocycles. The highest BCUT2D eigenvalue weighted by Crippen LogP contribution is 2.22. The number of nitrogens with zero attached hydrogens (tertiary/aromatic N) is 2. The maximum Gasteiger partial charge on any atom is 0.407 e. The summed E-state index contributed by atoms with van der Waals surface area (Å²) in [6.45, 7) is 6.32. The minimum Gasteiger partial charge on any atom is -0.444 e. The lowest BCUT2D eigenvalue weighted by Gasteiger charge is -2.22. The van der Waals surface area contributed by atoms with E-state index in [1.165, 1.54) is 0 Å². The van der Waals surface area contributed by atoms with E-state index in [0.29, 0.717) is 13.1 Å². The molecule has 0 saturated heterocycles. The highest BCUT2D eigenvalue weighted by Gasteiger charge is 2.19. The van der Waals surface area contributed by atoms with E-state index in [-0.39, 0.29) is 5.92 Å². The van der Waals surface area contributed by atoms with Crippen LogP contribution in [-0.2, 0) is 4.74 Å². The predicted molar refractivity (Wildman–Crippen MR) is 89.6 cm³/mol. The Labute approximate surface area is 136 Å². The molecule has 6 heteroatoms. The lowest BCUT2D eigenvalue weighted by Crippen LogP contribution is -2.36. The second-order valence-electron chi connectivity index (χ2n) is 6.32. The molecule has 1 unspecified atom stereocenters. The van der Waals surface area contributed by atoms with Crippen molar-refractivity contribution >= 4 is 6.09 Å². The van der Waals surface area contributed by atoms with Gasteiger partial charge in [0.25, 0.3) is 0 Å². The van der Waals surface area contributed by atoms with Gasteiger partial charge >= 0.3 is 6.09 Å². The van der Waals surface area contributed by atoms with Gasteiger partial charge < -0.3 is 15.8 Å². The Bertz CT molecular complexity index is 632. The Morgan fingerprint density at radius 3 is 2.70 bits per heavy atom. The van der Waals surface area contributed by atoms with E-state index in [9.17, 15) is 4.79 Å². The number of hydrogen-bond acceptors (Lipinski definition) is 4. The van der Waals surface area contributed by atoms with Crippen molar-refractivity contribution in [3.63, 3.8) is 0 Å². The molecule has 2 rings (SSSR count). The molecule has 0 radical (unpaired) electrons. The van der Waals surface area contributed by atoms with Crippen LogP contribution < -0.4 is 11.1 Å². The fourth-order valence-electron chi connectivity index (χ4n) is 2.29. The summed E-state index contributed by atoms with van der Waals surface area (Å²) in [5, 5.41) is 7.06. The van der Waals surface area contributed by atoms with Gasteiger partial charge in [-0.2, -0.15) is 5.10 Å². The van der Waals surface area contributed by atoms with Gasteiger partial charge in [-0.05, 0) is 38.5 Å². The minimum absolute atomic E-state index is 0.0251. The predicted octanol–water partition coefficient (Wildman–Crippen LogP) is 2.44. The van der Waals surface area contributed by atoms with E-state index in [1.54, 1.807) is 10.9 Å². The molecule has 0 bridgehead atoms. The van der Waals surface area contributed by atoms with Crippen LogP contribution in [0, 0.1) is 0 Å². The molecule has 1 aromatic carbocycles. The molecule has 2 aromatic rings. The van der Waals surface area contributed by atoms with Gasteiger partial charge in [-0.1, -0.05) is 18.2 Å². The number of amides is 1. The van der Waals surface area contributed by atoms with Crippen molar-refractivity contribution in [3.05, 3.63) is 48.3 Å². The fourth-order valence-corrected chi connectivity index (χ4v) is 2.29. The van der Waals surface area contributed by atoms with Crippen molar-refractivity contribution in [2.45, 2.75) is 32.3 Å². The third kappa shape index (κ3) is 4.82. The molecular formula is C17H24N4O2. The Balaban J connectivity index is 2.11. The summed E-state index contributed by atoms with van der Waals surface area (Å²) in [6.07, 6.45) is 3.17. The lowest BCUT2D eigenvalue weighted by atomic mass is 9.97. The second-order valence-corrected chi connectivity index (χ2v) is 6.32. The maximum atomic E-state index is 11.8. The van der Waals surface area contributed by atoms with Crippen LogP contribution in [0.3, 0.4) is 0 Å². The van der Waals surface area contributed by atoms with Crippen LogP contribution in [0.4, 0.5) is 4.79 Å². The zero-order chi connectivity index (χ0) is 16.9. The molecule has 0 spiro atoms. The third-order valence-electron chi connectivity index (χ3n) is 3.30. The first-order valence-electron chi connectivity index (χ1n) is 7.66. The zero-order valence-corrected chi connectivity index (χ0v) is 13.8. The maximum absolute atomic E-state index is 11.8. The number of carbonyl (C=O) groups excluding carboxylic acids is 1. The first-order chi connectivity index (χ1) is 10.9. The number of ether oxygens (including phenoxy) is 1. The molecule has 1 atom stereocenters. The lowest BCUT2D eigenvalue weighted by molar-refractivity contribution is 0.0525. The topological polar surface area (TPSA) is 82.2 Å². The van der Waals surface area contributed by atoms with Crippen LogP contribution >= 0.6 is 0 Å². The summed E-state index contributed by atoms with van der Waals surface area (Å²) < 4.78 is 7.06. The van der Waals surface area contributed by atoms with Crippen LogP contribution in [0.1, 0.15) is 32.3 Å². The molecule has 124 valence electrons. The summed E-state index contributed by atoms with van der Waals surface area (Å²) >= 11 is 0. The fraction of sp³-hybridized carbons (Fsp3) is 0.412. The van der Waals surface area contributed by atoms with E-state index >= 15 is 0 Å². The van der Waals surface area contributed by atoms with E-state index in [1.807, 2.05) is 57.3 Å². The van der Waals surface area contributed by atoms with E-state index in [2.05, 4.69) is 10.4 Å². The number of hydrogen-bond donors (Lipinski definition) is 2. The molecule has 3 N–H and O–H groups in total. The SMILES string of the molecule is CC(C)(C)OC(=O)NCC(CN)c1ccccc1-n1cccn1. The van der Waals surface area contributed by atoms with Crippen LogP contribution in [0.5, 0.6) is 0 Å². The van der Waals surface area contributed by atoms with Crippen molar-refractivity contribution in [1.29, 1.82) is 0 Å². The molecule has 0 saturated carbocycles. The highest BCUT2D eigenvalue weighted by molar-refractivity contribution is 5.67. The van der Waals surface area contributed by atoms with E-state index in [0.717, 1.165) is 11.3 Å². The third-order valence-corrected chi connectivity index (χ3v) is 3.30. The van der Waals surface area contributed by atoms with Crippen LogP contribution in [0.15, 0.2) is 42.7 Å². The number of rotatable bonds is 5.